The standard InChI is InChI=1S/C22H29N3O2.C21H26.C20H26.C18H22.C17H22O2.C15H20O.C15H16.C3H10N2.C3H9NO/c1-16(2)24-14-18-8-11-19(12-9-18)22(27)25-15-21(26)20(23)13-10-17-6-4-3-5-7-17;1-17(2)18-13-15-21(16-14-18,19-9-5-3-6-10-19)20-11-7-4-8-12-20;1-12(2)18-10-15(5)19(11-14(18)4)20-16(6)8-13(3)9-17(20)7;1-15(2)14-18(3,16-10-6-4-7-11-16)17-12-8-5-9-13-17;1-11(2)8-15(12(3)18)9-13-4-5-14-10-16(19)6-7-17(13)14;1-11(2)4-3-5-12-6-7-13-10-14(16)8-9-15(12)13;1-12(2)13-8-10-15(11-9-13)14-6-4-3-5-7-14;2*1-3(2)5-4/h3-9,11-12,16,20,24H,10,13-15,23H2,1-2H3,(H,25,27);3-12,17-18H,13-16H2,1-2H3;8-12H,1-7H3;4-13,15H,14H2,1-3H3;4,6-7,10-11,15,19H,5,8-9H2,1-3H3;6,8-11,16H,3-5,7H2,1-2H3;3-12H,1-2H3;3,5H,4H2,1-2H3;3H,4H2,1-2H3/t20-;;;;;;;;/m1......../s1. The Hall–Kier alpha value is -11.7. The van der Waals surface area contributed by atoms with Crippen molar-refractivity contribution in [1.82, 2.24) is 16.1 Å². The summed E-state index contributed by atoms with van der Waals surface area (Å²) >= 11 is 0. The first-order valence-corrected chi connectivity index (χ1v) is 53.9. The zero-order valence-corrected chi connectivity index (χ0v) is 93.4. The summed E-state index contributed by atoms with van der Waals surface area (Å²) in [6.07, 6.45) is 19.8. The molecule has 0 bridgehead atoms. The van der Waals surface area contributed by atoms with Crippen LogP contribution in [0.2, 0.25) is 0 Å². The van der Waals surface area contributed by atoms with E-state index >= 15 is 0 Å². The second-order valence-corrected chi connectivity index (χ2v) is 43.6. The van der Waals surface area contributed by atoms with Crippen LogP contribution in [0.3, 0.4) is 0 Å². The smallest absolute Gasteiger partial charge is 0.251 e. The highest BCUT2D eigenvalue weighted by molar-refractivity contribution is 5.97. The van der Waals surface area contributed by atoms with Crippen LogP contribution < -0.4 is 33.5 Å². The lowest BCUT2D eigenvalue weighted by Gasteiger charge is -2.42. The van der Waals surface area contributed by atoms with E-state index in [4.69, 9.17) is 11.6 Å². The normalized spacial score (nSPS) is 13.2. The van der Waals surface area contributed by atoms with E-state index in [0.29, 0.717) is 59.2 Å². The Morgan fingerprint density at radius 2 is 0.945 bits per heavy atom. The van der Waals surface area contributed by atoms with Crippen LogP contribution in [0.25, 0.3) is 33.4 Å². The molecule has 782 valence electrons. The number of phenolic OH excluding ortho intramolecular Hbond substituents is 2. The summed E-state index contributed by atoms with van der Waals surface area (Å²) < 4.78 is 0. The van der Waals surface area contributed by atoms with Crippen LogP contribution >= 0.6 is 0 Å². The van der Waals surface area contributed by atoms with Gasteiger partial charge in [-0.25, -0.2) is 5.90 Å². The molecule has 1 unspecified atom stereocenters. The second kappa shape index (κ2) is 62.4. The van der Waals surface area contributed by atoms with E-state index in [1.54, 1.807) is 31.2 Å². The minimum Gasteiger partial charge on any atom is -0.508 e. The number of aryl methyl sites for hydroxylation is 6. The van der Waals surface area contributed by atoms with Crippen LogP contribution in [0.5, 0.6) is 11.5 Å². The van der Waals surface area contributed by atoms with Gasteiger partial charge in [-0.15, -0.1) is 0 Å². The van der Waals surface area contributed by atoms with Gasteiger partial charge in [-0.1, -0.05) is 383 Å². The molecule has 0 aliphatic heterocycles. The highest BCUT2D eigenvalue weighted by atomic mass is 16.6. The molecule has 12 aromatic carbocycles. The van der Waals surface area contributed by atoms with Crippen molar-refractivity contribution in [3.63, 3.8) is 0 Å². The quantitative estimate of drug-likeness (QED) is 0.0147. The number of carbonyl (C=O) groups is 3. The van der Waals surface area contributed by atoms with Gasteiger partial charge >= 0.3 is 0 Å². The monoisotopic (exact) mass is 1970 g/mol. The van der Waals surface area contributed by atoms with Crippen molar-refractivity contribution >= 4 is 28.6 Å². The Morgan fingerprint density at radius 1 is 0.479 bits per heavy atom. The van der Waals surface area contributed by atoms with Crippen LogP contribution in [0, 0.1) is 70.1 Å². The maximum absolute atomic E-state index is 12.2. The molecular formula is C134H180N6O6. The third-order valence-corrected chi connectivity index (χ3v) is 28.0. The van der Waals surface area contributed by atoms with Crippen molar-refractivity contribution in [2.45, 2.75) is 316 Å². The molecule has 3 aliphatic carbocycles. The number of nitrogens with two attached hydrogens (primary N) is 3. The number of rotatable bonds is 32. The number of carbonyl (C=O) groups excluding carboxylic acids is 3. The van der Waals surface area contributed by atoms with Crippen LogP contribution in [-0.4, -0.2) is 58.5 Å². The van der Waals surface area contributed by atoms with Gasteiger partial charge < -0.3 is 31.4 Å². The first-order chi connectivity index (χ1) is 69.6. The Balaban J connectivity index is 0.000000228. The first kappa shape index (κ1) is 121. The van der Waals surface area contributed by atoms with Crippen molar-refractivity contribution in [1.29, 1.82) is 0 Å². The number of fused-ring (bicyclic) bond motifs is 2. The topological polar surface area (TPSA) is 215 Å². The molecule has 12 aromatic rings. The molecule has 12 nitrogen and oxygen atoms in total. The van der Waals surface area contributed by atoms with E-state index in [0.717, 1.165) is 67.5 Å². The van der Waals surface area contributed by atoms with E-state index in [1.807, 2.05) is 94.4 Å². The predicted molar refractivity (Wildman–Crippen MR) is 623 cm³/mol. The number of hydrazine groups is 1. The van der Waals surface area contributed by atoms with Gasteiger partial charge in [0.25, 0.3) is 5.91 Å². The average Bonchev–Trinajstić information content (AvgIpc) is 0.830. The lowest BCUT2D eigenvalue weighted by Crippen LogP contribution is -2.40. The van der Waals surface area contributed by atoms with Gasteiger partial charge in [0.15, 0.2) is 5.78 Å². The third kappa shape index (κ3) is 40.2. The number of nitrogens with one attached hydrogen (secondary N) is 3. The van der Waals surface area contributed by atoms with Crippen molar-refractivity contribution in [2.24, 2.45) is 53.0 Å². The minimum atomic E-state index is -0.574. The fourth-order valence-corrected chi connectivity index (χ4v) is 19.7. The van der Waals surface area contributed by atoms with Crippen LogP contribution in [-0.2, 0) is 51.1 Å². The van der Waals surface area contributed by atoms with Crippen molar-refractivity contribution in [3.8, 4) is 33.8 Å². The predicted octanol–water partition coefficient (Wildman–Crippen LogP) is 32.1. The highest BCUT2D eigenvalue weighted by Gasteiger charge is 2.39. The lowest BCUT2D eigenvalue weighted by molar-refractivity contribution is -0.121. The van der Waals surface area contributed by atoms with Gasteiger partial charge in [0.1, 0.15) is 17.3 Å². The molecule has 15 rings (SSSR count). The molecule has 11 N–H and O–H groups in total. The molecule has 146 heavy (non-hydrogen) atoms. The minimum absolute atomic E-state index is 0.0502. The van der Waals surface area contributed by atoms with E-state index in [9.17, 15) is 24.6 Å². The number of amides is 1. The Kier molecular flexibility index (Phi) is 51.8. The summed E-state index contributed by atoms with van der Waals surface area (Å²) in [6.45, 7) is 54.9. The summed E-state index contributed by atoms with van der Waals surface area (Å²) in [5, 5.41) is 24.9. The molecule has 0 radical (unpaired) electrons. The zero-order chi connectivity index (χ0) is 107. The molecule has 1 saturated carbocycles. The highest BCUT2D eigenvalue weighted by Crippen LogP contribution is 2.49. The van der Waals surface area contributed by atoms with Gasteiger partial charge in [-0.2, -0.15) is 0 Å². The van der Waals surface area contributed by atoms with Gasteiger partial charge in [0.2, 0.25) is 0 Å². The summed E-state index contributed by atoms with van der Waals surface area (Å²) in [5.41, 5.74) is 40.3. The number of hydrogen-bond acceptors (Lipinski definition) is 11. The summed E-state index contributed by atoms with van der Waals surface area (Å²) in [7, 11) is 0. The number of aromatic hydroxyl groups is 2. The molecule has 1 fully saturated rings. The maximum atomic E-state index is 12.2. The zero-order valence-electron chi connectivity index (χ0n) is 93.4. The van der Waals surface area contributed by atoms with Crippen LogP contribution in [0.15, 0.2) is 303 Å². The van der Waals surface area contributed by atoms with E-state index in [1.165, 1.54) is 168 Å². The number of hydrogen-bond donors (Lipinski definition) is 8. The fraction of sp³-hybridized carbons (Fsp3) is 0.410. The number of phenols is 2. The maximum Gasteiger partial charge on any atom is 0.251 e. The molecule has 0 saturated heterocycles. The number of benzene rings is 12. The lowest BCUT2D eigenvalue weighted by atomic mass is 9.62. The van der Waals surface area contributed by atoms with Gasteiger partial charge in [-0.05, 0) is 353 Å². The molecule has 1 amide bonds. The summed E-state index contributed by atoms with van der Waals surface area (Å²) in [4.78, 5) is 40.4. The van der Waals surface area contributed by atoms with E-state index < -0.39 is 6.04 Å². The average molecular weight is 1970 g/mol. The first-order valence-electron chi connectivity index (χ1n) is 53.9. The Morgan fingerprint density at radius 3 is 1.38 bits per heavy atom. The number of Topliss-reactive ketones (excluding diaryl/α,β-unsaturated/α-hetero) is 2. The Bertz CT molecular complexity index is 5770. The van der Waals surface area contributed by atoms with Crippen molar-refractivity contribution < 1.29 is 29.4 Å². The van der Waals surface area contributed by atoms with Crippen molar-refractivity contribution in [2.75, 3.05) is 6.54 Å². The molecule has 0 spiro atoms. The van der Waals surface area contributed by atoms with Crippen molar-refractivity contribution in [3.05, 3.63) is 403 Å². The molecular weight excluding hydrogens is 1790 g/mol. The molecule has 0 aromatic heterocycles. The fourth-order valence-electron chi connectivity index (χ4n) is 19.7. The molecule has 12 heteroatoms. The number of ketones is 2. The van der Waals surface area contributed by atoms with Gasteiger partial charge in [0.05, 0.1) is 18.7 Å². The molecule has 0 heterocycles. The SMILES string of the molecule is CC(=O)C(CC1=CCc2cc(O)ccc21)CC(C)C.CC(C)C1CCC(c2ccccc2)(c2ccccc2)CC1.CC(C)CC(C)(c1ccccc1)c1ccccc1.CC(C)CCCC1=CCc2cc(O)ccc21.CC(C)NCc1ccc(C(=O)NCC(=O)[C@H](N)CCc2ccccc2)cc1.CC(C)NN.CC(C)ON.CC(C)c1ccc(-c2ccccc2)cc1.Cc1cc(C)c(-c2cc(C)c(C(C)C)cc2C)c(C)c1. The van der Waals surface area contributed by atoms with E-state index in [-0.39, 0.29) is 46.9 Å². The van der Waals surface area contributed by atoms with Crippen LogP contribution in [0.1, 0.15) is 326 Å². The number of allylic oxidation sites excluding steroid dienone is 4. The summed E-state index contributed by atoms with van der Waals surface area (Å²) in [5.74, 6) is 15.2. The Labute approximate surface area is 881 Å². The second-order valence-electron chi connectivity index (χ2n) is 43.6. The van der Waals surface area contributed by atoms with Gasteiger partial charge in [0, 0.05) is 40.9 Å². The van der Waals surface area contributed by atoms with Gasteiger partial charge in [-0.3, -0.25) is 25.7 Å². The molecule has 2 atom stereocenters. The summed E-state index contributed by atoms with van der Waals surface area (Å²) in [6, 6.07) is 101. The van der Waals surface area contributed by atoms with Crippen LogP contribution in [0.4, 0.5) is 0 Å². The van der Waals surface area contributed by atoms with E-state index in [2.05, 4.69) is 378 Å². The third-order valence-electron chi connectivity index (χ3n) is 28.0. The molecule has 3 aliphatic rings. The largest absolute Gasteiger partial charge is 0.508 e.